The molecule has 2 unspecified atom stereocenters. The van der Waals surface area contributed by atoms with Crippen LogP contribution in [0.5, 0.6) is 0 Å². The van der Waals surface area contributed by atoms with Crippen molar-refractivity contribution in [3.63, 3.8) is 0 Å². The second-order valence-electron chi connectivity index (χ2n) is 5.42. The molecule has 0 aliphatic carbocycles. The van der Waals surface area contributed by atoms with Gasteiger partial charge in [-0.15, -0.1) is 0 Å². The number of nitrogens with two attached hydrogens (primary N) is 1. The molecule has 0 amide bonds. The normalized spacial score (nSPS) is 23.1. The largest absolute Gasteiger partial charge is 0.351 e. The van der Waals surface area contributed by atoms with Crippen molar-refractivity contribution in [3.8, 4) is 0 Å². The Labute approximate surface area is 118 Å². The van der Waals surface area contributed by atoms with Crippen LogP contribution in [0.4, 0.5) is 11.5 Å². The lowest BCUT2D eigenvalue weighted by Crippen LogP contribution is -2.47. The van der Waals surface area contributed by atoms with Crippen molar-refractivity contribution in [1.82, 2.24) is 9.78 Å². The number of aryl methyl sites for hydroxylation is 2. The third-order valence-corrected chi connectivity index (χ3v) is 4.20. The van der Waals surface area contributed by atoms with E-state index in [0.717, 1.165) is 25.9 Å². The van der Waals surface area contributed by atoms with Crippen LogP contribution in [0.2, 0.25) is 0 Å². The number of anilines is 1. The van der Waals surface area contributed by atoms with Crippen LogP contribution in [-0.2, 0) is 13.5 Å². The Morgan fingerprint density at radius 2 is 2.20 bits per heavy atom. The van der Waals surface area contributed by atoms with Crippen molar-refractivity contribution >= 4 is 11.5 Å². The molecule has 0 spiro atoms. The summed E-state index contributed by atoms with van der Waals surface area (Å²) in [6.07, 6.45) is 2.42. The maximum absolute atomic E-state index is 11.4. The average Bonchev–Trinajstić information content (AvgIpc) is 2.76. The lowest BCUT2D eigenvalue weighted by molar-refractivity contribution is -0.384. The van der Waals surface area contributed by atoms with Crippen LogP contribution < -0.4 is 10.6 Å². The number of hydrogen-bond acceptors (Lipinski definition) is 5. The molecule has 1 aromatic heterocycles. The molecule has 20 heavy (non-hydrogen) atoms. The van der Waals surface area contributed by atoms with Crippen LogP contribution in [0.3, 0.4) is 0 Å². The summed E-state index contributed by atoms with van der Waals surface area (Å²) in [5.74, 6) is 1.00. The van der Waals surface area contributed by atoms with Crippen molar-refractivity contribution in [2.45, 2.75) is 39.2 Å². The van der Waals surface area contributed by atoms with Crippen LogP contribution in [0.25, 0.3) is 0 Å². The maximum Gasteiger partial charge on any atom is 0.334 e. The van der Waals surface area contributed by atoms with Crippen LogP contribution in [0.1, 0.15) is 32.4 Å². The number of rotatable bonds is 4. The summed E-state index contributed by atoms with van der Waals surface area (Å²) >= 11 is 0. The van der Waals surface area contributed by atoms with Crippen LogP contribution in [-0.4, -0.2) is 33.8 Å². The van der Waals surface area contributed by atoms with E-state index < -0.39 is 0 Å². The van der Waals surface area contributed by atoms with Gasteiger partial charge in [0.05, 0.1) is 4.92 Å². The van der Waals surface area contributed by atoms with E-state index in [0.29, 0.717) is 23.9 Å². The summed E-state index contributed by atoms with van der Waals surface area (Å²) in [5, 5.41) is 15.7. The maximum atomic E-state index is 11.4. The van der Waals surface area contributed by atoms with E-state index in [1.807, 2.05) is 6.92 Å². The Morgan fingerprint density at radius 3 is 2.75 bits per heavy atom. The van der Waals surface area contributed by atoms with Crippen LogP contribution in [0.15, 0.2) is 0 Å². The summed E-state index contributed by atoms with van der Waals surface area (Å²) in [6.45, 7) is 5.52. The highest BCUT2D eigenvalue weighted by atomic mass is 16.6. The molecule has 2 N–H and O–H groups in total. The minimum atomic E-state index is -0.309. The molecule has 7 nitrogen and oxygen atoms in total. The van der Waals surface area contributed by atoms with Crippen LogP contribution >= 0.6 is 0 Å². The molecular formula is C13H23N5O2. The average molecular weight is 281 g/mol. The highest BCUT2D eigenvalue weighted by molar-refractivity contribution is 5.62. The third kappa shape index (κ3) is 2.49. The summed E-state index contributed by atoms with van der Waals surface area (Å²) in [7, 11) is 1.77. The zero-order valence-electron chi connectivity index (χ0n) is 12.4. The van der Waals surface area contributed by atoms with Gasteiger partial charge in [-0.05, 0) is 18.8 Å². The second-order valence-corrected chi connectivity index (χ2v) is 5.42. The first kappa shape index (κ1) is 14.8. The topological polar surface area (TPSA) is 90.2 Å². The highest BCUT2D eigenvalue weighted by Crippen LogP contribution is 2.34. The predicted octanol–water partition coefficient (Wildman–Crippen LogP) is 1.45. The molecule has 2 rings (SSSR count). The smallest absolute Gasteiger partial charge is 0.334 e. The van der Waals surface area contributed by atoms with E-state index in [-0.39, 0.29) is 16.7 Å². The first-order chi connectivity index (χ1) is 9.49. The number of nitro groups is 1. The Balaban J connectivity index is 2.37. The van der Waals surface area contributed by atoms with Crippen molar-refractivity contribution in [2.75, 3.05) is 18.0 Å². The molecule has 112 valence electrons. The van der Waals surface area contributed by atoms with Gasteiger partial charge in [-0.3, -0.25) is 10.1 Å². The Hall–Kier alpha value is -1.63. The van der Waals surface area contributed by atoms with Gasteiger partial charge in [-0.2, -0.15) is 5.10 Å². The molecule has 0 aromatic carbocycles. The summed E-state index contributed by atoms with van der Waals surface area (Å²) in [6, 6.07) is 0.189. The molecule has 2 heterocycles. The second kappa shape index (κ2) is 5.78. The van der Waals surface area contributed by atoms with E-state index in [9.17, 15) is 10.1 Å². The van der Waals surface area contributed by atoms with Gasteiger partial charge in [-0.25, -0.2) is 4.68 Å². The van der Waals surface area contributed by atoms with Crippen LogP contribution in [0, 0.1) is 16.0 Å². The number of hydrogen-bond donors (Lipinski definition) is 1. The first-order valence-electron chi connectivity index (χ1n) is 7.20. The Kier molecular flexibility index (Phi) is 4.27. The summed E-state index contributed by atoms with van der Waals surface area (Å²) in [5.41, 5.74) is 6.82. The van der Waals surface area contributed by atoms with Gasteiger partial charge in [0.25, 0.3) is 0 Å². The predicted molar refractivity (Wildman–Crippen MR) is 77.8 cm³/mol. The zero-order chi connectivity index (χ0) is 14.9. The molecule has 0 bridgehead atoms. The monoisotopic (exact) mass is 281 g/mol. The van der Waals surface area contributed by atoms with Gasteiger partial charge in [-0.1, -0.05) is 20.3 Å². The lowest BCUT2D eigenvalue weighted by atomic mass is 9.90. The summed E-state index contributed by atoms with van der Waals surface area (Å²) < 4.78 is 1.64. The van der Waals surface area contributed by atoms with Crippen molar-refractivity contribution in [2.24, 2.45) is 18.7 Å². The molecule has 0 saturated carbocycles. The lowest BCUT2D eigenvalue weighted by Gasteiger charge is -2.37. The molecule has 2 atom stereocenters. The van der Waals surface area contributed by atoms with Gasteiger partial charge in [0.2, 0.25) is 5.82 Å². The van der Waals surface area contributed by atoms with Gasteiger partial charge in [0.1, 0.15) is 5.69 Å². The molecule has 1 fully saturated rings. The molecule has 1 aliphatic rings. The van der Waals surface area contributed by atoms with Crippen molar-refractivity contribution < 1.29 is 4.92 Å². The molecule has 7 heteroatoms. The minimum absolute atomic E-state index is 0.153. The zero-order valence-corrected chi connectivity index (χ0v) is 12.4. The third-order valence-electron chi connectivity index (χ3n) is 4.20. The van der Waals surface area contributed by atoms with Gasteiger partial charge >= 0.3 is 5.69 Å². The molecule has 1 saturated heterocycles. The van der Waals surface area contributed by atoms with E-state index >= 15 is 0 Å². The van der Waals surface area contributed by atoms with E-state index in [1.54, 1.807) is 11.7 Å². The quantitative estimate of drug-likeness (QED) is 0.666. The number of piperidine rings is 1. The first-order valence-corrected chi connectivity index (χ1v) is 7.20. The summed E-state index contributed by atoms with van der Waals surface area (Å²) in [4.78, 5) is 13.1. The van der Waals surface area contributed by atoms with Gasteiger partial charge in [0.15, 0.2) is 0 Å². The fourth-order valence-corrected chi connectivity index (χ4v) is 3.01. The van der Waals surface area contributed by atoms with E-state index in [2.05, 4.69) is 16.9 Å². The number of nitrogens with zero attached hydrogens (tertiary/aromatic N) is 4. The molecule has 1 aliphatic heterocycles. The fourth-order valence-electron chi connectivity index (χ4n) is 3.01. The van der Waals surface area contributed by atoms with Crippen molar-refractivity contribution in [3.05, 3.63) is 15.8 Å². The fraction of sp³-hybridized carbons (Fsp3) is 0.769. The minimum Gasteiger partial charge on any atom is -0.351 e. The van der Waals surface area contributed by atoms with Crippen molar-refractivity contribution in [1.29, 1.82) is 0 Å². The molecular weight excluding hydrogens is 258 g/mol. The van der Waals surface area contributed by atoms with Gasteiger partial charge < -0.3 is 10.6 Å². The van der Waals surface area contributed by atoms with E-state index in [4.69, 9.17) is 5.73 Å². The molecule has 1 aromatic rings. The van der Waals surface area contributed by atoms with E-state index in [1.165, 1.54) is 0 Å². The molecule has 0 radical (unpaired) electrons. The Morgan fingerprint density at radius 1 is 1.50 bits per heavy atom. The Bertz CT molecular complexity index is 499. The highest BCUT2D eigenvalue weighted by Gasteiger charge is 2.34. The van der Waals surface area contributed by atoms with Gasteiger partial charge in [0, 0.05) is 26.2 Å². The SMILES string of the molecule is CCc1nn(C)c(N2CCC(N)C(CC)C2)c1[N+](=O)[O-]. The standard InChI is InChI=1S/C13H23N5O2/c1-4-9-8-17(7-6-10(9)14)13-12(18(19)20)11(5-2)15-16(13)3/h9-10H,4-8,14H2,1-3H3. The number of aromatic nitrogens is 2.